The van der Waals surface area contributed by atoms with Gasteiger partial charge in [-0.05, 0) is 37.8 Å². The van der Waals surface area contributed by atoms with Gasteiger partial charge in [-0.3, -0.25) is 10.8 Å². The number of ether oxygens (including phenoxy) is 1. The molecule has 0 spiro atoms. The van der Waals surface area contributed by atoms with Gasteiger partial charge in [0.05, 0.1) is 11.3 Å². The number of nitrogens with one attached hydrogen (secondary N) is 2. The third-order valence-electron chi connectivity index (χ3n) is 3.62. The highest BCUT2D eigenvalue weighted by Crippen LogP contribution is 2.23. The number of nitrogens with zero attached hydrogens (tertiary/aromatic N) is 2. The summed E-state index contributed by atoms with van der Waals surface area (Å²) in [6.07, 6.45) is 5.08. The molecular weight excluding hydrogens is 294 g/mol. The van der Waals surface area contributed by atoms with Crippen molar-refractivity contribution >= 4 is 23.2 Å². The van der Waals surface area contributed by atoms with Gasteiger partial charge in [-0.25, -0.2) is 4.79 Å². The van der Waals surface area contributed by atoms with Gasteiger partial charge in [0.2, 0.25) is 5.71 Å². The van der Waals surface area contributed by atoms with Crippen molar-refractivity contribution in [2.75, 3.05) is 5.43 Å². The van der Waals surface area contributed by atoms with Gasteiger partial charge in [0, 0.05) is 0 Å². The molecule has 0 heterocycles. The quantitative estimate of drug-likeness (QED) is 0.333. The molecule has 1 aromatic carbocycles. The van der Waals surface area contributed by atoms with E-state index in [0.717, 1.165) is 25.7 Å². The van der Waals surface area contributed by atoms with Crippen LogP contribution >= 0.6 is 0 Å². The number of carbonyl (C=O) groups is 1. The zero-order valence-electron chi connectivity index (χ0n) is 12.7. The van der Waals surface area contributed by atoms with E-state index in [1.165, 1.54) is 6.42 Å². The van der Waals surface area contributed by atoms with Crippen molar-refractivity contribution in [3.63, 3.8) is 0 Å². The number of carbonyl (C=O) groups excluding carboxylic acids is 1. The van der Waals surface area contributed by atoms with Crippen LogP contribution < -0.4 is 11.2 Å². The second kappa shape index (κ2) is 7.94. The van der Waals surface area contributed by atoms with Crippen molar-refractivity contribution in [3.05, 3.63) is 29.8 Å². The second-order valence-electron chi connectivity index (χ2n) is 5.31. The smallest absolute Gasteiger partial charge is 0.340 e. The number of rotatable bonds is 5. The van der Waals surface area contributed by atoms with Crippen LogP contribution in [0, 0.1) is 16.7 Å². The molecule has 1 aromatic rings. The highest BCUT2D eigenvalue weighted by Gasteiger charge is 2.20. The minimum Gasteiger partial charge on any atom is -0.459 e. The van der Waals surface area contributed by atoms with Crippen LogP contribution in [0.4, 0.5) is 5.69 Å². The Morgan fingerprint density at radius 1 is 1.35 bits per heavy atom. The number of para-hydroxylation sites is 1. The molecule has 0 radical (unpaired) electrons. The van der Waals surface area contributed by atoms with Gasteiger partial charge >= 0.3 is 5.97 Å². The molecule has 120 valence electrons. The normalized spacial score (nSPS) is 15.5. The Bertz CT molecular complexity index is 657. The number of esters is 1. The van der Waals surface area contributed by atoms with Gasteiger partial charge in [0.1, 0.15) is 12.2 Å². The number of hydrogen-bond acceptors (Lipinski definition) is 6. The molecule has 1 aliphatic carbocycles. The number of nitrogens with two attached hydrogens (primary N) is 1. The number of hydrazone groups is 1. The SMILES string of the molecule is N#C/C(=N\Nc1ccccc1C(=O)OC1CCCCC1)C(=N)N. The van der Waals surface area contributed by atoms with Gasteiger partial charge in [-0.1, -0.05) is 18.6 Å². The second-order valence-corrected chi connectivity index (χ2v) is 5.31. The minimum absolute atomic E-state index is 0.0419. The lowest BCUT2D eigenvalue weighted by Gasteiger charge is -2.22. The van der Waals surface area contributed by atoms with Crippen LogP contribution in [0.5, 0.6) is 0 Å². The zero-order chi connectivity index (χ0) is 16.7. The van der Waals surface area contributed by atoms with Gasteiger partial charge in [0.25, 0.3) is 0 Å². The maximum absolute atomic E-state index is 12.3. The standard InChI is InChI=1S/C16H19N5O2/c17-10-14(15(18)19)21-20-13-9-5-4-8-12(13)16(22)23-11-6-2-1-3-7-11/h4-5,8-9,11,20H,1-3,6-7H2,(H3,18,19)/b21-14+. The summed E-state index contributed by atoms with van der Waals surface area (Å²) in [5.41, 5.74) is 8.33. The number of nitriles is 1. The van der Waals surface area contributed by atoms with Crippen molar-refractivity contribution < 1.29 is 9.53 Å². The van der Waals surface area contributed by atoms with Crippen LogP contribution in [0.15, 0.2) is 29.4 Å². The zero-order valence-corrected chi connectivity index (χ0v) is 12.7. The number of anilines is 1. The highest BCUT2D eigenvalue weighted by atomic mass is 16.5. The molecule has 0 atom stereocenters. The average Bonchev–Trinajstić information content (AvgIpc) is 2.56. The van der Waals surface area contributed by atoms with Crippen LogP contribution in [0.1, 0.15) is 42.5 Å². The molecule has 7 nitrogen and oxygen atoms in total. The van der Waals surface area contributed by atoms with E-state index in [0.29, 0.717) is 11.3 Å². The lowest BCUT2D eigenvalue weighted by molar-refractivity contribution is 0.0212. The first-order valence-electron chi connectivity index (χ1n) is 7.50. The summed E-state index contributed by atoms with van der Waals surface area (Å²) in [4.78, 5) is 12.3. The van der Waals surface area contributed by atoms with E-state index < -0.39 is 11.8 Å². The Morgan fingerprint density at radius 2 is 2.04 bits per heavy atom. The molecule has 0 aliphatic heterocycles. The van der Waals surface area contributed by atoms with Crippen molar-refractivity contribution in [2.24, 2.45) is 10.8 Å². The third kappa shape index (κ3) is 4.54. The first kappa shape index (κ1) is 16.5. The first-order chi connectivity index (χ1) is 11.1. The van der Waals surface area contributed by atoms with Crippen molar-refractivity contribution in [1.82, 2.24) is 0 Å². The van der Waals surface area contributed by atoms with Crippen molar-refractivity contribution in [1.29, 1.82) is 10.7 Å². The van der Waals surface area contributed by atoms with Gasteiger partial charge in [-0.2, -0.15) is 10.4 Å². The fraction of sp³-hybridized carbons (Fsp3) is 0.375. The maximum Gasteiger partial charge on any atom is 0.340 e. The molecule has 1 fully saturated rings. The molecule has 7 heteroatoms. The molecule has 0 amide bonds. The molecule has 2 rings (SSSR count). The number of amidine groups is 1. The lowest BCUT2D eigenvalue weighted by atomic mass is 9.98. The molecule has 0 bridgehead atoms. The molecule has 1 saturated carbocycles. The number of hydrogen-bond donors (Lipinski definition) is 3. The predicted octanol–water partition coefficient (Wildman–Crippen LogP) is 2.40. The maximum atomic E-state index is 12.3. The minimum atomic E-state index is -0.442. The fourth-order valence-electron chi connectivity index (χ4n) is 2.42. The Balaban J connectivity index is 2.12. The van der Waals surface area contributed by atoms with Gasteiger partial charge in [0.15, 0.2) is 5.84 Å². The van der Waals surface area contributed by atoms with E-state index in [-0.39, 0.29) is 11.8 Å². The summed E-state index contributed by atoms with van der Waals surface area (Å²) >= 11 is 0. The van der Waals surface area contributed by atoms with Gasteiger partial charge in [-0.15, -0.1) is 0 Å². The fourth-order valence-corrected chi connectivity index (χ4v) is 2.42. The summed E-state index contributed by atoms with van der Waals surface area (Å²) < 4.78 is 5.54. The summed E-state index contributed by atoms with van der Waals surface area (Å²) in [6, 6.07) is 8.44. The van der Waals surface area contributed by atoms with Crippen LogP contribution in [0.25, 0.3) is 0 Å². The molecular formula is C16H19N5O2. The largest absolute Gasteiger partial charge is 0.459 e. The summed E-state index contributed by atoms with van der Waals surface area (Å²) in [5, 5.41) is 19.8. The summed E-state index contributed by atoms with van der Waals surface area (Å²) in [5.74, 6) is -0.862. The molecule has 0 saturated heterocycles. The Labute approximate surface area is 134 Å². The third-order valence-corrected chi connectivity index (χ3v) is 3.62. The average molecular weight is 313 g/mol. The van der Waals surface area contributed by atoms with Crippen LogP contribution in [-0.2, 0) is 4.74 Å². The Morgan fingerprint density at radius 3 is 2.70 bits per heavy atom. The predicted molar refractivity (Wildman–Crippen MR) is 87.3 cm³/mol. The van der Waals surface area contributed by atoms with Crippen LogP contribution in [-0.4, -0.2) is 23.6 Å². The Hall–Kier alpha value is -2.88. The van der Waals surface area contributed by atoms with E-state index >= 15 is 0 Å². The van der Waals surface area contributed by atoms with E-state index in [1.54, 1.807) is 30.3 Å². The van der Waals surface area contributed by atoms with Crippen LogP contribution in [0.3, 0.4) is 0 Å². The first-order valence-corrected chi connectivity index (χ1v) is 7.50. The topological polar surface area (TPSA) is 124 Å². The van der Waals surface area contributed by atoms with E-state index in [9.17, 15) is 4.79 Å². The summed E-state index contributed by atoms with van der Waals surface area (Å²) in [7, 11) is 0. The van der Waals surface area contributed by atoms with Gasteiger partial charge < -0.3 is 10.5 Å². The van der Waals surface area contributed by atoms with Crippen molar-refractivity contribution in [3.8, 4) is 6.07 Å². The molecule has 23 heavy (non-hydrogen) atoms. The van der Waals surface area contributed by atoms with Crippen molar-refractivity contribution in [2.45, 2.75) is 38.2 Å². The highest BCUT2D eigenvalue weighted by molar-refractivity contribution is 6.45. The monoisotopic (exact) mass is 313 g/mol. The molecule has 4 N–H and O–H groups in total. The van der Waals surface area contributed by atoms with E-state index in [2.05, 4.69) is 10.5 Å². The number of benzene rings is 1. The molecule has 0 unspecified atom stereocenters. The Kier molecular flexibility index (Phi) is 5.69. The van der Waals surface area contributed by atoms with Crippen LogP contribution in [0.2, 0.25) is 0 Å². The van der Waals surface area contributed by atoms with E-state index in [1.807, 2.05) is 0 Å². The molecule has 0 aromatic heterocycles. The molecule has 1 aliphatic rings. The summed E-state index contributed by atoms with van der Waals surface area (Å²) in [6.45, 7) is 0. The van der Waals surface area contributed by atoms with E-state index in [4.69, 9.17) is 21.1 Å². The lowest BCUT2D eigenvalue weighted by Crippen LogP contribution is -2.23.